The first-order chi connectivity index (χ1) is 13.6. The lowest BCUT2D eigenvalue weighted by Gasteiger charge is -2.30. The van der Waals surface area contributed by atoms with Gasteiger partial charge in [-0.25, -0.2) is 9.78 Å². The minimum Gasteiger partial charge on any atom is -0.493 e. The highest BCUT2D eigenvalue weighted by Gasteiger charge is 2.26. The van der Waals surface area contributed by atoms with E-state index in [1.165, 1.54) is 4.90 Å². The second-order valence-electron chi connectivity index (χ2n) is 7.00. The van der Waals surface area contributed by atoms with E-state index in [1.54, 1.807) is 14.2 Å². The Bertz CT molecular complexity index is 1010. The number of rotatable bonds is 4. The van der Waals surface area contributed by atoms with Gasteiger partial charge in [0.15, 0.2) is 11.5 Å². The zero-order valence-electron chi connectivity index (χ0n) is 15.9. The van der Waals surface area contributed by atoms with Crippen LogP contribution in [-0.4, -0.2) is 53.4 Å². The molecule has 28 heavy (non-hydrogen) atoms. The maximum Gasteiger partial charge on any atom is 0.407 e. The van der Waals surface area contributed by atoms with Crippen molar-refractivity contribution in [1.29, 1.82) is 0 Å². The largest absolute Gasteiger partial charge is 0.493 e. The number of hydrogen-bond acceptors (Lipinski definition) is 4. The van der Waals surface area contributed by atoms with Crippen LogP contribution in [0.3, 0.4) is 0 Å². The molecular formula is C21H23N3O4. The highest BCUT2D eigenvalue weighted by Crippen LogP contribution is 2.36. The molecule has 1 fully saturated rings. The van der Waals surface area contributed by atoms with Crippen LogP contribution >= 0.6 is 0 Å². The molecule has 3 aromatic rings. The Kier molecular flexibility index (Phi) is 4.81. The molecule has 1 saturated heterocycles. The number of fused-ring (bicyclic) bond motifs is 1. The van der Waals surface area contributed by atoms with Crippen LogP contribution < -0.4 is 9.47 Å². The number of carbonyl (C=O) groups is 1. The maximum absolute atomic E-state index is 11.4. The lowest BCUT2D eigenvalue weighted by molar-refractivity contribution is 0.130. The number of pyridine rings is 1. The number of hydrogen-bond donors (Lipinski definition) is 2. The standard InChI is InChI=1S/C21H23N3O4/c1-27-18-6-5-13(9-19(18)28-2)15-8-16-17(11-23-20(16)22-10-15)14-4-3-7-24(12-14)21(25)26/h5-6,8-11,14H,3-4,7,12H2,1-2H3,(H,22,23)(H,25,26). The molecule has 7 heteroatoms. The normalized spacial score (nSPS) is 16.9. The van der Waals surface area contributed by atoms with Crippen LogP contribution in [0.2, 0.25) is 0 Å². The average Bonchev–Trinajstić information content (AvgIpc) is 3.16. The summed E-state index contributed by atoms with van der Waals surface area (Å²) in [6.45, 7) is 1.12. The Morgan fingerprint density at radius 2 is 2.04 bits per heavy atom. The van der Waals surface area contributed by atoms with E-state index in [9.17, 15) is 9.90 Å². The van der Waals surface area contributed by atoms with Gasteiger partial charge in [-0.3, -0.25) is 0 Å². The molecule has 1 unspecified atom stereocenters. The van der Waals surface area contributed by atoms with Crippen LogP contribution in [0.5, 0.6) is 11.5 Å². The molecule has 7 nitrogen and oxygen atoms in total. The predicted molar refractivity (Wildman–Crippen MR) is 106 cm³/mol. The smallest absolute Gasteiger partial charge is 0.407 e. The van der Waals surface area contributed by atoms with Crippen LogP contribution in [0.1, 0.15) is 24.3 Å². The molecule has 2 aromatic heterocycles. The summed E-state index contributed by atoms with van der Waals surface area (Å²) in [6.07, 6.45) is 4.78. The molecule has 1 atom stereocenters. The van der Waals surface area contributed by atoms with Gasteiger partial charge >= 0.3 is 6.09 Å². The summed E-state index contributed by atoms with van der Waals surface area (Å²) in [5, 5.41) is 10.4. The second-order valence-corrected chi connectivity index (χ2v) is 7.00. The van der Waals surface area contributed by atoms with Gasteiger partial charge in [-0.15, -0.1) is 0 Å². The lowest BCUT2D eigenvalue weighted by atomic mass is 9.90. The van der Waals surface area contributed by atoms with Gasteiger partial charge in [-0.2, -0.15) is 0 Å². The van der Waals surface area contributed by atoms with Gasteiger partial charge in [0.05, 0.1) is 14.2 Å². The number of amides is 1. The summed E-state index contributed by atoms with van der Waals surface area (Å²) in [7, 11) is 3.23. The van der Waals surface area contributed by atoms with Crippen molar-refractivity contribution in [2.24, 2.45) is 0 Å². The molecule has 0 bridgehead atoms. The van der Waals surface area contributed by atoms with Crippen LogP contribution in [0, 0.1) is 0 Å². The van der Waals surface area contributed by atoms with Crippen molar-refractivity contribution in [3.05, 3.63) is 42.2 Å². The minimum absolute atomic E-state index is 0.168. The average molecular weight is 381 g/mol. The molecule has 4 rings (SSSR count). The molecule has 0 aliphatic carbocycles. The Hall–Kier alpha value is -3.22. The number of carboxylic acid groups (broad SMARTS) is 1. The highest BCUT2D eigenvalue weighted by atomic mass is 16.5. The molecule has 0 spiro atoms. The number of likely N-dealkylation sites (tertiary alicyclic amines) is 1. The first-order valence-corrected chi connectivity index (χ1v) is 9.28. The lowest BCUT2D eigenvalue weighted by Crippen LogP contribution is -2.38. The van der Waals surface area contributed by atoms with E-state index in [2.05, 4.69) is 16.0 Å². The van der Waals surface area contributed by atoms with Gasteiger partial charge in [0.25, 0.3) is 0 Å². The van der Waals surface area contributed by atoms with E-state index >= 15 is 0 Å². The Labute approximate surface area is 162 Å². The van der Waals surface area contributed by atoms with Crippen LogP contribution in [0.15, 0.2) is 36.7 Å². The Morgan fingerprint density at radius 1 is 1.21 bits per heavy atom. The van der Waals surface area contributed by atoms with E-state index in [0.717, 1.165) is 40.6 Å². The number of aromatic nitrogens is 2. The Balaban J connectivity index is 1.71. The molecule has 1 aliphatic heterocycles. The van der Waals surface area contributed by atoms with Crippen molar-refractivity contribution >= 4 is 17.1 Å². The number of nitrogens with one attached hydrogen (secondary N) is 1. The quantitative estimate of drug-likeness (QED) is 0.710. The SMILES string of the molecule is COc1ccc(-c2cnc3[nH]cc(C4CCCN(C(=O)O)C4)c3c2)cc1OC. The number of piperidine rings is 1. The van der Waals surface area contributed by atoms with Gasteiger partial charge in [0.2, 0.25) is 0 Å². The summed E-state index contributed by atoms with van der Waals surface area (Å²) in [4.78, 5) is 20.7. The fourth-order valence-electron chi connectivity index (χ4n) is 3.94. The molecule has 0 radical (unpaired) electrons. The van der Waals surface area contributed by atoms with Crippen molar-refractivity contribution in [2.45, 2.75) is 18.8 Å². The van der Waals surface area contributed by atoms with Crippen molar-refractivity contribution in [2.75, 3.05) is 27.3 Å². The zero-order chi connectivity index (χ0) is 19.7. The first-order valence-electron chi connectivity index (χ1n) is 9.28. The van der Waals surface area contributed by atoms with Gasteiger partial charge in [-0.1, -0.05) is 6.07 Å². The van der Waals surface area contributed by atoms with Gasteiger partial charge in [0.1, 0.15) is 5.65 Å². The van der Waals surface area contributed by atoms with E-state index < -0.39 is 6.09 Å². The van der Waals surface area contributed by atoms with Crippen molar-refractivity contribution in [3.63, 3.8) is 0 Å². The summed E-state index contributed by atoms with van der Waals surface area (Å²) in [5.74, 6) is 1.51. The summed E-state index contributed by atoms with van der Waals surface area (Å²) in [6, 6.07) is 7.89. The molecule has 3 heterocycles. The summed E-state index contributed by atoms with van der Waals surface area (Å²) >= 11 is 0. The molecule has 0 saturated carbocycles. The van der Waals surface area contributed by atoms with Crippen molar-refractivity contribution in [1.82, 2.24) is 14.9 Å². The second kappa shape index (κ2) is 7.42. The fraction of sp³-hybridized carbons (Fsp3) is 0.333. The number of nitrogens with zero attached hydrogens (tertiary/aromatic N) is 2. The minimum atomic E-state index is -0.853. The fourth-order valence-corrected chi connectivity index (χ4v) is 3.94. The number of benzene rings is 1. The van der Waals surface area contributed by atoms with Gasteiger partial charge in [0, 0.05) is 42.4 Å². The van der Waals surface area contributed by atoms with E-state index in [-0.39, 0.29) is 5.92 Å². The number of ether oxygens (including phenoxy) is 2. The Morgan fingerprint density at radius 3 is 2.79 bits per heavy atom. The third-order valence-electron chi connectivity index (χ3n) is 5.41. The first kappa shape index (κ1) is 18.2. The molecule has 1 aromatic carbocycles. The van der Waals surface area contributed by atoms with Crippen LogP contribution in [0.25, 0.3) is 22.2 Å². The van der Waals surface area contributed by atoms with Crippen LogP contribution in [0.4, 0.5) is 4.79 Å². The number of aromatic amines is 1. The molecule has 2 N–H and O–H groups in total. The van der Waals surface area contributed by atoms with E-state index in [1.807, 2.05) is 30.6 Å². The zero-order valence-corrected chi connectivity index (χ0v) is 15.9. The number of H-pyrrole nitrogens is 1. The van der Waals surface area contributed by atoms with Crippen molar-refractivity contribution < 1.29 is 19.4 Å². The topological polar surface area (TPSA) is 87.7 Å². The molecule has 1 amide bonds. The summed E-state index contributed by atoms with van der Waals surface area (Å²) < 4.78 is 10.7. The van der Waals surface area contributed by atoms with Crippen LogP contribution in [-0.2, 0) is 0 Å². The number of methoxy groups -OCH3 is 2. The third kappa shape index (κ3) is 3.24. The predicted octanol–water partition coefficient (Wildman–Crippen LogP) is 4.10. The highest BCUT2D eigenvalue weighted by molar-refractivity contribution is 5.85. The molecule has 1 aliphatic rings. The van der Waals surface area contributed by atoms with E-state index in [4.69, 9.17) is 9.47 Å². The summed E-state index contributed by atoms with van der Waals surface area (Å²) in [5.41, 5.74) is 3.89. The molecule has 146 valence electrons. The van der Waals surface area contributed by atoms with Gasteiger partial charge < -0.3 is 24.5 Å². The maximum atomic E-state index is 11.4. The van der Waals surface area contributed by atoms with Gasteiger partial charge in [-0.05, 0) is 42.2 Å². The van der Waals surface area contributed by atoms with E-state index in [0.29, 0.717) is 24.6 Å². The molecular weight excluding hydrogens is 358 g/mol. The third-order valence-corrected chi connectivity index (χ3v) is 5.41. The monoisotopic (exact) mass is 381 g/mol. The van der Waals surface area contributed by atoms with Crippen molar-refractivity contribution in [3.8, 4) is 22.6 Å².